The van der Waals surface area contributed by atoms with Crippen LogP contribution in [-0.4, -0.2) is 28.3 Å². The second-order valence-electron chi connectivity index (χ2n) is 4.67. The van der Waals surface area contributed by atoms with Crippen molar-refractivity contribution >= 4 is 11.7 Å². The summed E-state index contributed by atoms with van der Waals surface area (Å²) in [6.07, 6.45) is -0.273. The smallest absolute Gasteiger partial charge is 0.306 e. The van der Waals surface area contributed by atoms with Crippen molar-refractivity contribution in [3.05, 3.63) is 29.3 Å². The molecule has 1 rings (SSSR count). The zero-order valence-electron chi connectivity index (χ0n) is 10.4. The van der Waals surface area contributed by atoms with Crippen LogP contribution in [-0.2, 0) is 4.79 Å². The monoisotopic (exact) mass is 237 g/mol. The fourth-order valence-corrected chi connectivity index (χ4v) is 1.62. The molecule has 0 radical (unpaired) electrons. The van der Waals surface area contributed by atoms with Crippen LogP contribution in [0.25, 0.3) is 0 Å². The molecule has 1 aromatic carbocycles. The zero-order chi connectivity index (χ0) is 13.1. The van der Waals surface area contributed by atoms with Gasteiger partial charge in [0.05, 0.1) is 12.0 Å². The summed E-state index contributed by atoms with van der Waals surface area (Å²) in [7, 11) is 0. The van der Waals surface area contributed by atoms with Crippen LogP contribution in [0.2, 0.25) is 0 Å². The van der Waals surface area contributed by atoms with Gasteiger partial charge in [-0.25, -0.2) is 0 Å². The molecule has 1 unspecified atom stereocenters. The molecule has 94 valence electrons. The van der Waals surface area contributed by atoms with E-state index in [1.807, 2.05) is 32.0 Å². The van der Waals surface area contributed by atoms with Gasteiger partial charge in [-0.05, 0) is 38.0 Å². The highest BCUT2D eigenvalue weighted by atomic mass is 16.4. The fourth-order valence-electron chi connectivity index (χ4n) is 1.62. The van der Waals surface area contributed by atoms with Gasteiger partial charge in [0, 0.05) is 12.2 Å². The Hall–Kier alpha value is -1.55. The molecule has 1 atom stereocenters. The number of carboxylic acid groups (broad SMARTS) is 1. The number of hydrogen-bond acceptors (Lipinski definition) is 3. The first-order valence-electron chi connectivity index (χ1n) is 5.56. The molecule has 0 aromatic heterocycles. The topological polar surface area (TPSA) is 69.6 Å². The Labute approximate surface area is 101 Å². The lowest BCUT2D eigenvalue weighted by Gasteiger charge is -2.23. The highest BCUT2D eigenvalue weighted by Crippen LogP contribution is 2.19. The van der Waals surface area contributed by atoms with Crippen LogP contribution in [0.1, 0.15) is 24.5 Å². The van der Waals surface area contributed by atoms with E-state index in [1.165, 1.54) is 6.92 Å². The second-order valence-corrected chi connectivity index (χ2v) is 4.67. The molecule has 0 aliphatic rings. The largest absolute Gasteiger partial charge is 0.481 e. The first-order chi connectivity index (χ1) is 7.82. The van der Waals surface area contributed by atoms with Gasteiger partial charge in [0.25, 0.3) is 0 Å². The number of aliphatic carboxylic acids is 1. The van der Waals surface area contributed by atoms with Crippen molar-refractivity contribution in [1.29, 1.82) is 0 Å². The van der Waals surface area contributed by atoms with Crippen LogP contribution in [0.3, 0.4) is 0 Å². The molecule has 0 heterocycles. The maximum absolute atomic E-state index is 10.6. The number of carboxylic acids is 1. The van der Waals surface area contributed by atoms with Crippen molar-refractivity contribution in [2.75, 3.05) is 11.9 Å². The first-order valence-corrected chi connectivity index (χ1v) is 5.56. The lowest BCUT2D eigenvalue weighted by Crippen LogP contribution is -2.36. The lowest BCUT2D eigenvalue weighted by molar-refractivity contribution is -0.141. The number of anilines is 1. The Morgan fingerprint density at radius 3 is 2.65 bits per heavy atom. The number of aliphatic hydroxyl groups is 1. The zero-order valence-corrected chi connectivity index (χ0v) is 10.4. The molecule has 17 heavy (non-hydrogen) atoms. The van der Waals surface area contributed by atoms with E-state index in [1.54, 1.807) is 0 Å². The van der Waals surface area contributed by atoms with Crippen LogP contribution >= 0.6 is 0 Å². The maximum Gasteiger partial charge on any atom is 0.306 e. The molecule has 3 N–H and O–H groups in total. The third kappa shape index (κ3) is 4.07. The fraction of sp³-hybridized carbons (Fsp3) is 0.462. The molecule has 0 amide bonds. The van der Waals surface area contributed by atoms with Gasteiger partial charge in [-0.1, -0.05) is 12.1 Å². The minimum atomic E-state index is -1.25. The summed E-state index contributed by atoms with van der Waals surface area (Å²) < 4.78 is 0. The summed E-state index contributed by atoms with van der Waals surface area (Å²) in [6, 6.07) is 5.85. The van der Waals surface area contributed by atoms with Gasteiger partial charge in [0.1, 0.15) is 0 Å². The summed E-state index contributed by atoms with van der Waals surface area (Å²) in [5, 5.41) is 21.6. The van der Waals surface area contributed by atoms with E-state index < -0.39 is 11.6 Å². The number of aryl methyl sites for hydroxylation is 1. The average Bonchev–Trinajstić information content (AvgIpc) is 2.18. The van der Waals surface area contributed by atoms with Crippen LogP contribution in [0.4, 0.5) is 5.69 Å². The quantitative estimate of drug-likeness (QED) is 0.732. The minimum absolute atomic E-state index is 0.212. The maximum atomic E-state index is 10.6. The van der Waals surface area contributed by atoms with Crippen molar-refractivity contribution < 1.29 is 15.0 Å². The van der Waals surface area contributed by atoms with Gasteiger partial charge in [-0.15, -0.1) is 0 Å². The van der Waals surface area contributed by atoms with Crippen LogP contribution in [0, 0.1) is 13.8 Å². The van der Waals surface area contributed by atoms with E-state index in [-0.39, 0.29) is 13.0 Å². The summed E-state index contributed by atoms with van der Waals surface area (Å²) in [4.78, 5) is 10.6. The molecule has 4 nitrogen and oxygen atoms in total. The highest BCUT2D eigenvalue weighted by molar-refractivity contribution is 5.68. The molecular weight excluding hydrogens is 218 g/mol. The predicted molar refractivity (Wildman–Crippen MR) is 67.3 cm³/mol. The second kappa shape index (κ2) is 5.19. The molecule has 0 spiro atoms. The third-order valence-electron chi connectivity index (χ3n) is 2.80. The van der Waals surface area contributed by atoms with Gasteiger partial charge in [-0.2, -0.15) is 0 Å². The molecule has 0 saturated carbocycles. The van der Waals surface area contributed by atoms with E-state index >= 15 is 0 Å². The third-order valence-corrected chi connectivity index (χ3v) is 2.80. The number of carbonyl (C=O) groups is 1. The predicted octanol–water partition coefficient (Wildman–Crippen LogP) is 1.94. The number of hydrogen-bond donors (Lipinski definition) is 3. The molecule has 0 bridgehead atoms. The molecule has 0 saturated heterocycles. The van der Waals surface area contributed by atoms with Crippen molar-refractivity contribution in [2.24, 2.45) is 0 Å². The van der Waals surface area contributed by atoms with Crippen LogP contribution < -0.4 is 5.32 Å². The standard InChI is InChI=1S/C13H19NO3/c1-9-5-4-6-11(10(9)2)14-8-13(3,17)7-12(15)16/h4-6,14,17H,7-8H2,1-3H3,(H,15,16). The van der Waals surface area contributed by atoms with Crippen molar-refractivity contribution in [3.8, 4) is 0 Å². The molecule has 0 aliphatic heterocycles. The van der Waals surface area contributed by atoms with Crippen molar-refractivity contribution in [2.45, 2.75) is 32.8 Å². The summed E-state index contributed by atoms with van der Waals surface area (Å²) >= 11 is 0. The number of nitrogens with one attached hydrogen (secondary N) is 1. The molecule has 0 fully saturated rings. The lowest BCUT2D eigenvalue weighted by atomic mass is 10.0. The molecule has 0 aliphatic carbocycles. The highest BCUT2D eigenvalue weighted by Gasteiger charge is 2.24. The van der Waals surface area contributed by atoms with E-state index in [0.717, 1.165) is 16.8 Å². The Balaban J connectivity index is 2.67. The van der Waals surface area contributed by atoms with Gasteiger partial charge >= 0.3 is 5.97 Å². The molecular formula is C13H19NO3. The van der Waals surface area contributed by atoms with Crippen LogP contribution in [0.5, 0.6) is 0 Å². The molecule has 1 aromatic rings. The van der Waals surface area contributed by atoms with E-state index in [0.29, 0.717) is 0 Å². The van der Waals surface area contributed by atoms with Gasteiger partial charge in [0.15, 0.2) is 0 Å². The van der Waals surface area contributed by atoms with Gasteiger partial charge in [0.2, 0.25) is 0 Å². The summed E-state index contributed by atoms with van der Waals surface area (Å²) in [5.41, 5.74) is 1.95. The normalized spacial score (nSPS) is 14.1. The van der Waals surface area contributed by atoms with Crippen LogP contribution in [0.15, 0.2) is 18.2 Å². The minimum Gasteiger partial charge on any atom is -0.481 e. The van der Waals surface area contributed by atoms with E-state index in [4.69, 9.17) is 5.11 Å². The SMILES string of the molecule is Cc1cccc(NCC(C)(O)CC(=O)O)c1C. The average molecular weight is 237 g/mol. The summed E-state index contributed by atoms with van der Waals surface area (Å²) in [5.74, 6) is -1.00. The number of benzene rings is 1. The van der Waals surface area contributed by atoms with Crippen molar-refractivity contribution in [1.82, 2.24) is 0 Å². The van der Waals surface area contributed by atoms with E-state index in [9.17, 15) is 9.90 Å². The Morgan fingerprint density at radius 2 is 2.06 bits per heavy atom. The van der Waals surface area contributed by atoms with Gasteiger partial charge in [-0.3, -0.25) is 4.79 Å². The van der Waals surface area contributed by atoms with Crippen molar-refractivity contribution in [3.63, 3.8) is 0 Å². The molecule has 4 heteroatoms. The Morgan fingerprint density at radius 1 is 1.41 bits per heavy atom. The summed E-state index contributed by atoms with van der Waals surface area (Å²) in [6.45, 7) is 5.72. The Kier molecular flexibility index (Phi) is 4.12. The van der Waals surface area contributed by atoms with E-state index in [2.05, 4.69) is 5.32 Å². The first kappa shape index (κ1) is 13.5. The number of rotatable bonds is 5. The van der Waals surface area contributed by atoms with Gasteiger partial charge < -0.3 is 15.5 Å². The Bertz CT molecular complexity index is 413.